The Morgan fingerprint density at radius 3 is 2.48 bits per heavy atom. The van der Waals surface area contributed by atoms with Gasteiger partial charge in [0.05, 0.1) is 11.6 Å². The summed E-state index contributed by atoms with van der Waals surface area (Å²) in [4.78, 5) is 0. The fourth-order valence-corrected chi connectivity index (χ4v) is 3.55. The normalized spacial score (nSPS) is 12.2. The van der Waals surface area contributed by atoms with Crippen LogP contribution in [0.25, 0.3) is 0 Å². The fourth-order valence-electron chi connectivity index (χ4n) is 2.50. The topological polar surface area (TPSA) is 9.23 Å². The minimum absolute atomic E-state index is 0.589. The van der Waals surface area contributed by atoms with E-state index in [4.69, 9.17) is 4.74 Å². The molecule has 0 radical (unpaired) electrons. The van der Waals surface area contributed by atoms with Crippen molar-refractivity contribution in [1.29, 1.82) is 0 Å². The van der Waals surface area contributed by atoms with Crippen LogP contribution in [-0.2, 0) is 12.8 Å². The van der Waals surface area contributed by atoms with E-state index in [-0.39, 0.29) is 0 Å². The lowest BCUT2D eigenvalue weighted by Crippen LogP contribution is -2.11. The van der Waals surface area contributed by atoms with Gasteiger partial charge < -0.3 is 4.74 Å². The van der Waals surface area contributed by atoms with Gasteiger partial charge >= 0.3 is 0 Å². The lowest BCUT2D eigenvalue weighted by Gasteiger charge is -2.16. The highest BCUT2D eigenvalue weighted by Crippen LogP contribution is 2.27. The summed E-state index contributed by atoms with van der Waals surface area (Å²) in [5.41, 5.74) is 4.15. The maximum Gasteiger partial charge on any atom is 0.133 e. The first-order valence-electron chi connectivity index (χ1n) is 7.07. The van der Waals surface area contributed by atoms with Crippen molar-refractivity contribution in [2.45, 2.75) is 19.8 Å². The molecule has 0 amide bonds. The molecule has 0 aliphatic heterocycles. The molecule has 0 spiro atoms. The molecule has 1 atom stereocenters. The monoisotopic (exact) mass is 410 g/mol. The van der Waals surface area contributed by atoms with Gasteiger partial charge in [-0.25, -0.2) is 0 Å². The molecule has 0 aliphatic carbocycles. The number of hydrogen-bond acceptors (Lipinski definition) is 1. The smallest absolute Gasteiger partial charge is 0.133 e. The Morgan fingerprint density at radius 2 is 1.86 bits per heavy atom. The van der Waals surface area contributed by atoms with Gasteiger partial charge in [0.1, 0.15) is 5.75 Å². The Balaban J connectivity index is 2.09. The number of aryl methyl sites for hydroxylation is 1. The summed E-state index contributed by atoms with van der Waals surface area (Å²) >= 11 is 7.23. The molecule has 21 heavy (non-hydrogen) atoms. The van der Waals surface area contributed by atoms with Gasteiger partial charge in [-0.1, -0.05) is 46.3 Å². The van der Waals surface area contributed by atoms with Crippen LogP contribution in [-0.4, -0.2) is 12.4 Å². The fraction of sp³-hybridized carbons (Fsp3) is 0.333. The Labute approximate surface area is 144 Å². The van der Waals surface area contributed by atoms with Crippen LogP contribution in [0.1, 0.15) is 16.7 Å². The van der Waals surface area contributed by atoms with Crippen molar-refractivity contribution in [2.75, 3.05) is 12.4 Å². The number of hydrogen-bond donors (Lipinski definition) is 0. The molecule has 2 rings (SSSR count). The molecule has 2 aromatic carbocycles. The van der Waals surface area contributed by atoms with Crippen molar-refractivity contribution in [3.63, 3.8) is 0 Å². The standard InChI is InChI=1S/C18H20Br2O/c1-13-5-3-4-6-16(13)10-15(12-19)9-14-7-8-18(21-2)17(20)11-14/h3-8,11,15H,9-10,12H2,1-2H3. The van der Waals surface area contributed by atoms with Crippen LogP contribution in [0.15, 0.2) is 46.9 Å². The van der Waals surface area contributed by atoms with Gasteiger partial charge in [-0.2, -0.15) is 0 Å². The third kappa shape index (κ3) is 4.58. The second kappa shape index (κ2) is 8.00. The minimum Gasteiger partial charge on any atom is -0.496 e. The van der Waals surface area contributed by atoms with Crippen molar-refractivity contribution < 1.29 is 4.74 Å². The number of methoxy groups -OCH3 is 1. The summed E-state index contributed by atoms with van der Waals surface area (Å²) in [7, 11) is 1.69. The second-order valence-corrected chi connectivity index (χ2v) is 6.83. The van der Waals surface area contributed by atoms with Crippen molar-refractivity contribution >= 4 is 31.9 Å². The summed E-state index contributed by atoms with van der Waals surface area (Å²) < 4.78 is 6.31. The molecular weight excluding hydrogens is 392 g/mol. The summed E-state index contributed by atoms with van der Waals surface area (Å²) in [6, 6.07) is 15.0. The van der Waals surface area contributed by atoms with Crippen LogP contribution < -0.4 is 4.74 Å². The molecule has 1 unspecified atom stereocenters. The Morgan fingerprint density at radius 1 is 1.10 bits per heavy atom. The molecular formula is C18H20Br2O. The average molecular weight is 412 g/mol. The van der Waals surface area contributed by atoms with Crippen LogP contribution in [0.2, 0.25) is 0 Å². The zero-order valence-corrected chi connectivity index (χ0v) is 15.6. The Bertz CT molecular complexity index is 596. The van der Waals surface area contributed by atoms with E-state index in [2.05, 4.69) is 75.2 Å². The third-order valence-corrected chi connectivity index (χ3v) is 5.26. The number of halogens is 2. The van der Waals surface area contributed by atoms with Gasteiger partial charge in [0.2, 0.25) is 0 Å². The molecule has 0 aliphatic rings. The molecule has 0 saturated carbocycles. The van der Waals surface area contributed by atoms with Crippen LogP contribution in [0.3, 0.4) is 0 Å². The van der Waals surface area contributed by atoms with E-state index < -0.39 is 0 Å². The molecule has 0 fully saturated rings. The second-order valence-electron chi connectivity index (χ2n) is 5.32. The molecule has 0 heterocycles. The van der Waals surface area contributed by atoms with Gasteiger partial charge in [0.25, 0.3) is 0 Å². The van der Waals surface area contributed by atoms with E-state index in [1.54, 1.807) is 7.11 Å². The lowest BCUT2D eigenvalue weighted by molar-refractivity contribution is 0.412. The van der Waals surface area contributed by atoms with Crippen molar-refractivity contribution in [1.82, 2.24) is 0 Å². The number of alkyl halides is 1. The molecule has 2 aromatic rings. The number of benzene rings is 2. The summed E-state index contributed by atoms with van der Waals surface area (Å²) in [5.74, 6) is 1.47. The van der Waals surface area contributed by atoms with Gasteiger partial charge in [-0.3, -0.25) is 0 Å². The van der Waals surface area contributed by atoms with E-state index in [0.29, 0.717) is 5.92 Å². The van der Waals surface area contributed by atoms with E-state index in [1.165, 1.54) is 16.7 Å². The Kier molecular flexibility index (Phi) is 6.31. The Hall–Kier alpha value is -0.800. The summed E-state index contributed by atoms with van der Waals surface area (Å²) in [6.45, 7) is 2.19. The summed E-state index contributed by atoms with van der Waals surface area (Å²) in [5, 5.41) is 1.00. The van der Waals surface area contributed by atoms with Crippen LogP contribution in [0, 0.1) is 12.8 Å². The highest BCUT2D eigenvalue weighted by atomic mass is 79.9. The van der Waals surface area contributed by atoms with Gasteiger partial charge in [0.15, 0.2) is 0 Å². The molecule has 0 N–H and O–H groups in total. The van der Waals surface area contributed by atoms with E-state index >= 15 is 0 Å². The average Bonchev–Trinajstić information content (AvgIpc) is 2.49. The zero-order chi connectivity index (χ0) is 15.2. The van der Waals surface area contributed by atoms with E-state index in [0.717, 1.165) is 28.4 Å². The third-order valence-electron chi connectivity index (χ3n) is 3.73. The predicted molar refractivity (Wildman–Crippen MR) is 96.6 cm³/mol. The minimum atomic E-state index is 0.589. The first kappa shape index (κ1) is 16.6. The SMILES string of the molecule is COc1ccc(CC(CBr)Cc2ccccc2C)cc1Br. The zero-order valence-electron chi connectivity index (χ0n) is 12.4. The van der Waals surface area contributed by atoms with Crippen molar-refractivity contribution in [3.8, 4) is 5.75 Å². The van der Waals surface area contributed by atoms with Gasteiger partial charge in [-0.05, 0) is 70.4 Å². The van der Waals surface area contributed by atoms with Crippen LogP contribution in [0.5, 0.6) is 5.75 Å². The maximum atomic E-state index is 5.29. The first-order chi connectivity index (χ1) is 10.1. The molecule has 3 heteroatoms. The van der Waals surface area contributed by atoms with Gasteiger partial charge in [-0.15, -0.1) is 0 Å². The maximum absolute atomic E-state index is 5.29. The van der Waals surface area contributed by atoms with Gasteiger partial charge in [0, 0.05) is 5.33 Å². The highest BCUT2D eigenvalue weighted by Gasteiger charge is 2.12. The largest absolute Gasteiger partial charge is 0.496 e. The summed E-state index contributed by atoms with van der Waals surface area (Å²) in [6.07, 6.45) is 2.16. The molecule has 0 bridgehead atoms. The molecule has 112 valence electrons. The predicted octanol–water partition coefficient (Wildman–Crippen LogP) is 5.56. The number of rotatable bonds is 6. The number of ether oxygens (including phenoxy) is 1. The molecule has 1 nitrogen and oxygen atoms in total. The molecule has 0 aromatic heterocycles. The highest BCUT2D eigenvalue weighted by molar-refractivity contribution is 9.10. The van der Waals surface area contributed by atoms with E-state index in [1.807, 2.05) is 6.07 Å². The first-order valence-corrected chi connectivity index (χ1v) is 8.98. The van der Waals surface area contributed by atoms with Crippen molar-refractivity contribution in [3.05, 3.63) is 63.6 Å². The van der Waals surface area contributed by atoms with Crippen molar-refractivity contribution in [2.24, 2.45) is 5.92 Å². The van der Waals surface area contributed by atoms with Crippen LogP contribution >= 0.6 is 31.9 Å². The van der Waals surface area contributed by atoms with E-state index in [9.17, 15) is 0 Å². The lowest BCUT2D eigenvalue weighted by atomic mass is 9.92. The molecule has 0 saturated heterocycles. The van der Waals surface area contributed by atoms with Crippen LogP contribution in [0.4, 0.5) is 0 Å². The quantitative estimate of drug-likeness (QED) is 0.565.